The second-order valence-corrected chi connectivity index (χ2v) is 2.08. The molecule has 0 saturated heterocycles. The molecule has 0 aliphatic rings. The lowest BCUT2D eigenvalue weighted by molar-refractivity contribution is 0.554. The molecule has 1 aromatic carbocycles. The summed E-state index contributed by atoms with van der Waals surface area (Å²) >= 11 is 0. The molecular formula is C9H6O2. The van der Waals surface area contributed by atoms with E-state index in [9.17, 15) is 9.59 Å². The second kappa shape index (κ2) is 3.66. The van der Waals surface area contributed by atoms with Gasteiger partial charge in [-0.15, -0.1) is 0 Å². The fraction of sp³-hybridized carbons (Fsp3) is 0.111. The minimum atomic E-state index is 0.158. The van der Waals surface area contributed by atoms with Crippen molar-refractivity contribution < 1.29 is 9.59 Å². The Balaban J connectivity index is 3.01. The molecule has 0 fully saturated rings. The number of hydrogen-bond acceptors (Lipinski definition) is 2. The van der Waals surface area contributed by atoms with Crippen LogP contribution in [0.3, 0.4) is 0 Å². The van der Waals surface area contributed by atoms with Crippen molar-refractivity contribution in [1.29, 1.82) is 0 Å². The smallest absolute Gasteiger partial charge is 0.233 e. The monoisotopic (exact) mass is 146 g/mol. The van der Waals surface area contributed by atoms with Crippen LogP contribution in [0.2, 0.25) is 0 Å². The summed E-state index contributed by atoms with van der Waals surface area (Å²) in [6, 6.07) is 6.84. The van der Waals surface area contributed by atoms with Gasteiger partial charge in [0.2, 0.25) is 12.6 Å². The first kappa shape index (κ1) is 7.66. The standard InChI is InChI=1S/C9H6O2/c10-6-5-8-3-1-2-4-9(8)7-11/h1-4H,5H2. The Hall–Kier alpha value is -1.44. The van der Waals surface area contributed by atoms with E-state index in [1.807, 2.05) is 0 Å². The van der Waals surface area contributed by atoms with Crippen molar-refractivity contribution in [2.45, 2.75) is 6.42 Å². The van der Waals surface area contributed by atoms with E-state index in [-0.39, 0.29) is 6.42 Å². The summed E-state index contributed by atoms with van der Waals surface area (Å²) in [5, 5.41) is 0. The van der Waals surface area contributed by atoms with Crippen molar-refractivity contribution in [2.75, 3.05) is 0 Å². The molecule has 0 aliphatic heterocycles. The number of rotatable bonds is 3. The summed E-state index contributed by atoms with van der Waals surface area (Å²) in [7, 11) is 0. The van der Waals surface area contributed by atoms with Crippen LogP contribution in [-0.2, 0) is 16.0 Å². The Morgan fingerprint density at radius 2 is 1.91 bits per heavy atom. The van der Waals surface area contributed by atoms with Gasteiger partial charge in [0, 0.05) is 12.0 Å². The van der Waals surface area contributed by atoms with Crippen LogP contribution in [0.15, 0.2) is 24.3 Å². The summed E-state index contributed by atoms with van der Waals surface area (Å²) in [6.45, 7) is 0. The lowest BCUT2D eigenvalue weighted by Crippen LogP contribution is -1.92. The largest absolute Gasteiger partial charge is 0.291 e. The number of carbonyl (C=O) groups excluding carboxylic acids is 2. The highest BCUT2D eigenvalue weighted by Gasteiger charge is 1.98. The van der Waals surface area contributed by atoms with Gasteiger partial charge in [0.1, 0.15) is 0 Å². The average Bonchev–Trinajstić information content (AvgIpc) is 2.06. The minimum absolute atomic E-state index is 0.158. The van der Waals surface area contributed by atoms with Crippen molar-refractivity contribution in [2.24, 2.45) is 0 Å². The number of benzene rings is 1. The molecule has 0 N–H and O–H groups in total. The molecule has 0 saturated carbocycles. The zero-order chi connectivity index (χ0) is 8.10. The van der Waals surface area contributed by atoms with Crippen molar-refractivity contribution in [3.05, 3.63) is 35.4 Å². The molecule has 0 aromatic heterocycles. The molecule has 2 nitrogen and oxygen atoms in total. The van der Waals surface area contributed by atoms with E-state index in [0.717, 1.165) is 0 Å². The highest BCUT2D eigenvalue weighted by molar-refractivity contribution is 5.79. The van der Waals surface area contributed by atoms with Crippen molar-refractivity contribution >= 4 is 12.6 Å². The van der Waals surface area contributed by atoms with Crippen LogP contribution >= 0.6 is 0 Å². The molecule has 1 rings (SSSR count). The molecule has 0 unspecified atom stereocenters. The maximum Gasteiger partial charge on any atom is 0.233 e. The average molecular weight is 146 g/mol. The van der Waals surface area contributed by atoms with Gasteiger partial charge in [0.25, 0.3) is 0 Å². The van der Waals surface area contributed by atoms with Crippen LogP contribution in [0.4, 0.5) is 0 Å². The van der Waals surface area contributed by atoms with Crippen LogP contribution in [0.5, 0.6) is 0 Å². The van der Waals surface area contributed by atoms with E-state index in [4.69, 9.17) is 0 Å². The third-order valence-electron chi connectivity index (χ3n) is 1.39. The van der Waals surface area contributed by atoms with Gasteiger partial charge in [-0.3, -0.25) is 9.59 Å². The second-order valence-electron chi connectivity index (χ2n) is 2.08. The first-order chi connectivity index (χ1) is 5.38. The van der Waals surface area contributed by atoms with Crippen molar-refractivity contribution in [1.82, 2.24) is 0 Å². The zero-order valence-electron chi connectivity index (χ0n) is 5.83. The van der Waals surface area contributed by atoms with Gasteiger partial charge in [-0.2, -0.15) is 0 Å². The molecule has 0 atom stereocenters. The van der Waals surface area contributed by atoms with E-state index >= 15 is 0 Å². The Kier molecular flexibility index (Phi) is 2.55. The van der Waals surface area contributed by atoms with Gasteiger partial charge < -0.3 is 0 Å². The Labute approximate surface area is 64.8 Å². The van der Waals surface area contributed by atoms with E-state index in [2.05, 4.69) is 0 Å². The van der Waals surface area contributed by atoms with Gasteiger partial charge >= 0.3 is 0 Å². The maximum absolute atomic E-state index is 10.2. The molecule has 0 spiro atoms. The van der Waals surface area contributed by atoms with Crippen LogP contribution in [-0.4, -0.2) is 12.6 Å². The zero-order valence-corrected chi connectivity index (χ0v) is 5.83. The lowest BCUT2D eigenvalue weighted by Gasteiger charge is -1.95. The van der Waals surface area contributed by atoms with Crippen LogP contribution in [0.1, 0.15) is 11.1 Å². The van der Waals surface area contributed by atoms with Gasteiger partial charge in [0.05, 0.1) is 0 Å². The molecule has 0 heterocycles. The Morgan fingerprint density at radius 3 is 2.55 bits per heavy atom. The van der Waals surface area contributed by atoms with Gasteiger partial charge in [-0.1, -0.05) is 24.3 Å². The SMILES string of the molecule is O=[C]Cc1ccccc1[C]=O. The van der Waals surface area contributed by atoms with E-state index in [0.29, 0.717) is 11.1 Å². The maximum atomic E-state index is 10.2. The fourth-order valence-electron chi connectivity index (χ4n) is 0.852. The molecular weight excluding hydrogens is 140 g/mol. The normalized spacial score (nSPS) is 9.09. The van der Waals surface area contributed by atoms with Gasteiger partial charge in [-0.05, 0) is 5.56 Å². The van der Waals surface area contributed by atoms with Crippen LogP contribution < -0.4 is 0 Å². The van der Waals surface area contributed by atoms with E-state index in [1.54, 1.807) is 36.8 Å². The molecule has 0 bridgehead atoms. The van der Waals surface area contributed by atoms with Crippen LogP contribution in [0.25, 0.3) is 0 Å². The summed E-state index contributed by atoms with van der Waals surface area (Å²) in [5.74, 6) is 0. The summed E-state index contributed by atoms with van der Waals surface area (Å²) in [5.41, 5.74) is 1.12. The third-order valence-corrected chi connectivity index (χ3v) is 1.39. The highest BCUT2D eigenvalue weighted by atomic mass is 16.1. The molecule has 54 valence electrons. The van der Waals surface area contributed by atoms with Gasteiger partial charge in [-0.25, -0.2) is 0 Å². The first-order valence-electron chi connectivity index (χ1n) is 3.19. The summed E-state index contributed by atoms with van der Waals surface area (Å²) < 4.78 is 0. The van der Waals surface area contributed by atoms with Crippen LogP contribution in [0, 0.1) is 0 Å². The lowest BCUT2D eigenvalue weighted by atomic mass is 10.1. The topological polar surface area (TPSA) is 34.1 Å². The quantitative estimate of drug-likeness (QED) is 0.632. The van der Waals surface area contributed by atoms with E-state index in [1.165, 1.54) is 0 Å². The fourth-order valence-corrected chi connectivity index (χ4v) is 0.852. The molecule has 0 aliphatic carbocycles. The predicted molar refractivity (Wildman–Crippen MR) is 40.6 cm³/mol. The van der Waals surface area contributed by atoms with Gasteiger partial charge in [0.15, 0.2) is 0 Å². The Bertz CT molecular complexity index is 266. The molecule has 1 aromatic rings. The summed E-state index contributed by atoms with van der Waals surface area (Å²) in [6.07, 6.45) is 3.64. The first-order valence-corrected chi connectivity index (χ1v) is 3.19. The predicted octanol–water partition coefficient (Wildman–Crippen LogP) is 0.797. The number of hydrogen-bond donors (Lipinski definition) is 0. The molecule has 11 heavy (non-hydrogen) atoms. The summed E-state index contributed by atoms with van der Waals surface area (Å²) in [4.78, 5) is 20.2. The molecule has 2 radical (unpaired) electrons. The van der Waals surface area contributed by atoms with Crippen molar-refractivity contribution in [3.63, 3.8) is 0 Å². The third kappa shape index (κ3) is 1.74. The van der Waals surface area contributed by atoms with Crippen molar-refractivity contribution in [3.8, 4) is 0 Å². The molecule has 0 amide bonds. The molecule has 2 heteroatoms. The minimum Gasteiger partial charge on any atom is -0.291 e. The van der Waals surface area contributed by atoms with E-state index < -0.39 is 0 Å². The Morgan fingerprint density at radius 1 is 1.18 bits per heavy atom. The highest BCUT2D eigenvalue weighted by Crippen LogP contribution is 2.04.